The second kappa shape index (κ2) is 7.38. The van der Waals surface area contributed by atoms with Crippen molar-refractivity contribution in [1.29, 1.82) is 0 Å². The van der Waals surface area contributed by atoms with Crippen molar-refractivity contribution in [3.63, 3.8) is 0 Å². The minimum Gasteiger partial charge on any atom is -0.454 e. The van der Waals surface area contributed by atoms with Crippen LogP contribution in [-0.2, 0) is 12.0 Å². The molecule has 164 valence electrons. The third kappa shape index (κ3) is 3.15. The fourth-order valence-electron chi connectivity index (χ4n) is 5.27. The number of amides is 1. The Morgan fingerprint density at radius 3 is 2.62 bits per heavy atom. The van der Waals surface area contributed by atoms with Crippen molar-refractivity contribution in [2.75, 3.05) is 33.5 Å². The lowest BCUT2D eigenvalue weighted by atomic mass is 9.72. The van der Waals surface area contributed by atoms with Crippen molar-refractivity contribution in [2.24, 2.45) is 0 Å². The van der Waals surface area contributed by atoms with Gasteiger partial charge in [-0.2, -0.15) is 5.10 Å². The largest absolute Gasteiger partial charge is 0.454 e. The fourth-order valence-corrected chi connectivity index (χ4v) is 5.27. The van der Waals surface area contributed by atoms with E-state index in [2.05, 4.69) is 17.0 Å². The van der Waals surface area contributed by atoms with Crippen molar-refractivity contribution in [3.8, 4) is 17.2 Å². The van der Waals surface area contributed by atoms with Gasteiger partial charge in [-0.15, -0.1) is 0 Å². The van der Waals surface area contributed by atoms with Crippen LogP contribution in [0.4, 0.5) is 0 Å². The molecule has 0 N–H and O–H groups in total. The molecule has 3 aliphatic heterocycles. The summed E-state index contributed by atoms with van der Waals surface area (Å²) in [6, 6.07) is 16.2. The predicted molar refractivity (Wildman–Crippen MR) is 119 cm³/mol. The number of rotatable bonds is 3. The molecule has 4 heterocycles. The van der Waals surface area contributed by atoms with E-state index in [1.54, 1.807) is 0 Å². The minimum absolute atomic E-state index is 0.0654. The van der Waals surface area contributed by atoms with Crippen molar-refractivity contribution in [1.82, 2.24) is 19.6 Å². The fraction of sp³-hybridized carbons (Fsp3) is 0.360. The normalized spacial score (nSPS) is 19.4. The predicted octanol–water partition coefficient (Wildman–Crippen LogP) is 3.22. The van der Waals surface area contributed by atoms with Crippen LogP contribution in [-0.4, -0.2) is 59.0 Å². The molecule has 3 aromatic rings. The van der Waals surface area contributed by atoms with Crippen molar-refractivity contribution in [2.45, 2.75) is 24.8 Å². The second-order valence-electron chi connectivity index (χ2n) is 9.08. The van der Waals surface area contributed by atoms with E-state index in [-0.39, 0.29) is 11.3 Å². The van der Waals surface area contributed by atoms with Crippen molar-refractivity contribution >= 4 is 5.91 Å². The lowest BCUT2D eigenvalue weighted by Gasteiger charge is -2.45. The van der Waals surface area contributed by atoms with Gasteiger partial charge in [-0.25, -0.2) is 4.68 Å². The number of carbonyl (C=O) groups is 1. The van der Waals surface area contributed by atoms with E-state index in [9.17, 15) is 4.79 Å². The van der Waals surface area contributed by atoms with E-state index in [0.717, 1.165) is 67.5 Å². The number of likely N-dealkylation sites (tertiary alicyclic amines) is 1. The molecule has 0 radical (unpaired) electrons. The molecule has 1 fully saturated rings. The molecule has 1 amide bonds. The van der Waals surface area contributed by atoms with E-state index in [4.69, 9.17) is 14.6 Å². The molecule has 0 bridgehead atoms. The second-order valence-corrected chi connectivity index (χ2v) is 9.08. The molecule has 1 aromatic heterocycles. The first-order valence-electron chi connectivity index (χ1n) is 11.1. The zero-order valence-electron chi connectivity index (χ0n) is 18.2. The van der Waals surface area contributed by atoms with Crippen LogP contribution in [0, 0.1) is 0 Å². The van der Waals surface area contributed by atoms with E-state index < -0.39 is 0 Å². The first-order chi connectivity index (χ1) is 15.6. The molecule has 0 atom stereocenters. The Kier molecular flexibility index (Phi) is 4.47. The summed E-state index contributed by atoms with van der Waals surface area (Å²) >= 11 is 0. The minimum atomic E-state index is -0.0938. The quantitative estimate of drug-likeness (QED) is 0.639. The zero-order valence-corrected chi connectivity index (χ0v) is 18.2. The average molecular weight is 431 g/mol. The number of aromatic nitrogens is 2. The Hall–Kier alpha value is -3.32. The monoisotopic (exact) mass is 430 g/mol. The lowest BCUT2D eigenvalue weighted by molar-refractivity contribution is 0.0628. The Morgan fingerprint density at radius 2 is 1.81 bits per heavy atom. The number of para-hydroxylation sites is 1. The summed E-state index contributed by atoms with van der Waals surface area (Å²) in [4.78, 5) is 17.3. The molecule has 0 aliphatic carbocycles. The highest BCUT2D eigenvalue weighted by atomic mass is 16.7. The first kappa shape index (κ1) is 19.4. The van der Waals surface area contributed by atoms with Gasteiger partial charge in [0.05, 0.1) is 16.9 Å². The third-order valence-corrected chi connectivity index (χ3v) is 7.01. The average Bonchev–Trinajstić information content (AvgIpc) is 3.47. The molecular weight excluding hydrogens is 404 g/mol. The Labute approximate surface area is 187 Å². The molecule has 7 heteroatoms. The number of hydrogen-bond acceptors (Lipinski definition) is 5. The summed E-state index contributed by atoms with van der Waals surface area (Å²) in [7, 11) is 1.91. The summed E-state index contributed by atoms with van der Waals surface area (Å²) in [5.41, 5.74) is 3.82. The number of ether oxygens (including phenoxy) is 2. The van der Waals surface area contributed by atoms with Crippen LogP contribution < -0.4 is 9.47 Å². The van der Waals surface area contributed by atoms with Crippen molar-refractivity contribution in [3.05, 3.63) is 71.5 Å². The highest BCUT2D eigenvalue weighted by Crippen LogP contribution is 2.41. The smallest absolute Gasteiger partial charge is 0.257 e. The van der Waals surface area contributed by atoms with Crippen LogP contribution >= 0.6 is 0 Å². The third-order valence-electron chi connectivity index (χ3n) is 7.01. The van der Waals surface area contributed by atoms with Gasteiger partial charge in [0, 0.05) is 31.7 Å². The molecule has 1 saturated heterocycles. The van der Waals surface area contributed by atoms with Gasteiger partial charge in [0.25, 0.3) is 5.91 Å². The SMILES string of the molecule is CN1CC2(CCN(Cc3ccc4c(c3)OCO4)CC2)c2nn(-c3ccccc3)cc2C1=O. The number of fused-ring (bicyclic) bond motifs is 3. The van der Waals surface area contributed by atoms with Crippen LogP contribution in [0.3, 0.4) is 0 Å². The summed E-state index contributed by atoms with van der Waals surface area (Å²) in [5, 5.41) is 4.95. The summed E-state index contributed by atoms with van der Waals surface area (Å²) in [6.45, 7) is 3.84. The number of nitrogens with zero attached hydrogens (tertiary/aromatic N) is 4. The standard InChI is InChI=1S/C25H26N4O3/c1-27-16-25(23-20(24(27)30)15-29(26-23)19-5-3-2-4-6-19)9-11-28(12-10-25)14-18-7-8-21-22(13-18)32-17-31-21/h2-8,13,15H,9-12,14,16-17H2,1H3. The highest BCUT2D eigenvalue weighted by Gasteiger charge is 2.46. The molecule has 0 saturated carbocycles. The molecule has 0 unspecified atom stereocenters. The topological polar surface area (TPSA) is 59.8 Å². The lowest BCUT2D eigenvalue weighted by Crippen LogP contribution is -2.53. The van der Waals surface area contributed by atoms with Crippen LogP contribution in [0.25, 0.3) is 5.69 Å². The van der Waals surface area contributed by atoms with Gasteiger partial charge >= 0.3 is 0 Å². The number of hydrogen-bond donors (Lipinski definition) is 0. The molecule has 1 spiro atoms. The maximum absolute atomic E-state index is 12.9. The van der Waals surface area contributed by atoms with Crippen molar-refractivity contribution < 1.29 is 14.3 Å². The van der Waals surface area contributed by atoms with Gasteiger partial charge in [-0.1, -0.05) is 24.3 Å². The zero-order chi connectivity index (χ0) is 21.7. The van der Waals surface area contributed by atoms with E-state index >= 15 is 0 Å². The van der Waals surface area contributed by atoms with Crippen LogP contribution in [0.5, 0.6) is 11.5 Å². The summed E-state index contributed by atoms with van der Waals surface area (Å²) in [5.74, 6) is 1.72. The number of benzene rings is 2. The van der Waals surface area contributed by atoms with E-state index in [0.29, 0.717) is 6.79 Å². The Bertz CT molecular complexity index is 1170. The first-order valence-corrected chi connectivity index (χ1v) is 11.1. The number of carbonyl (C=O) groups excluding carboxylic acids is 1. The van der Waals surface area contributed by atoms with Gasteiger partial charge in [-0.3, -0.25) is 9.69 Å². The Morgan fingerprint density at radius 1 is 1.03 bits per heavy atom. The highest BCUT2D eigenvalue weighted by molar-refractivity contribution is 5.96. The van der Waals surface area contributed by atoms with Gasteiger partial charge in [0.2, 0.25) is 6.79 Å². The van der Waals surface area contributed by atoms with E-state index in [1.807, 2.05) is 59.2 Å². The van der Waals surface area contributed by atoms with E-state index in [1.165, 1.54) is 5.56 Å². The molecule has 32 heavy (non-hydrogen) atoms. The van der Waals surface area contributed by atoms with Crippen LogP contribution in [0.2, 0.25) is 0 Å². The van der Waals surface area contributed by atoms with Crippen LogP contribution in [0.15, 0.2) is 54.7 Å². The summed E-state index contributed by atoms with van der Waals surface area (Å²) < 4.78 is 12.8. The molecular formula is C25H26N4O3. The Balaban J connectivity index is 1.24. The molecule has 6 rings (SSSR count). The van der Waals surface area contributed by atoms with Gasteiger partial charge in [0.15, 0.2) is 11.5 Å². The molecule has 3 aliphatic rings. The molecule has 2 aromatic carbocycles. The van der Waals surface area contributed by atoms with Gasteiger partial charge in [0.1, 0.15) is 0 Å². The summed E-state index contributed by atoms with van der Waals surface area (Å²) in [6.07, 6.45) is 3.87. The molecule has 7 nitrogen and oxygen atoms in total. The van der Waals surface area contributed by atoms with Crippen LogP contribution in [0.1, 0.15) is 34.5 Å². The maximum atomic E-state index is 12.9. The van der Waals surface area contributed by atoms with Gasteiger partial charge < -0.3 is 14.4 Å². The number of piperidine rings is 1. The number of likely N-dealkylation sites (N-methyl/N-ethyl adjacent to an activating group) is 1. The van der Waals surface area contributed by atoms with Gasteiger partial charge in [-0.05, 0) is 55.8 Å². The maximum Gasteiger partial charge on any atom is 0.257 e.